The molecule has 0 aliphatic heterocycles. The van der Waals surface area contributed by atoms with Gasteiger partial charge < -0.3 is 15.4 Å². The van der Waals surface area contributed by atoms with Gasteiger partial charge in [-0.05, 0) is 23.8 Å². The number of nitrogens with one attached hydrogen (secondary N) is 2. The fraction of sp³-hybridized carbons (Fsp3) is 0.0909. The number of carbonyl (C=O) groups excluding carboxylic acids is 2. The highest BCUT2D eigenvalue weighted by molar-refractivity contribution is 5.98. The van der Waals surface area contributed by atoms with Crippen LogP contribution >= 0.6 is 0 Å². The molecule has 158 valence electrons. The smallest absolute Gasteiger partial charge is 0.305 e. The monoisotopic (exact) mass is 423 g/mol. The summed E-state index contributed by atoms with van der Waals surface area (Å²) in [5.74, 6) is -2.21. The van der Waals surface area contributed by atoms with Crippen LogP contribution in [-0.4, -0.2) is 23.3 Å². The molecule has 0 aliphatic carbocycles. The summed E-state index contributed by atoms with van der Waals surface area (Å²) in [5.41, 5.74) is 0.435. The van der Waals surface area contributed by atoms with E-state index in [9.17, 15) is 24.1 Å². The molecule has 31 heavy (non-hydrogen) atoms. The van der Waals surface area contributed by atoms with Gasteiger partial charge in [0.25, 0.3) is 11.8 Å². The van der Waals surface area contributed by atoms with E-state index in [1.54, 1.807) is 54.6 Å². The number of rotatable bonds is 8. The lowest BCUT2D eigenvalue weighted by Gasteiger charge is -2.19. The Kier molecular flexibility index (Phi) is 6.89. The van der Waals surface area contributed by atoms with Gasteiger partial charge in [-0.25, -0.2) is 0 Å². The molecule has 0 radical (unpaired) electrons. The number of nitrogens with zero attached hydrogens (tertiary/aromatic N) is 1. The lowest BCUT2D eigenvalue weighted by atomic mass is 10.1. The Hall–Kier alpha value is -4.27. The van der Waals surface area contributed by atoms with Gasteiger partial charge in [-0.1, -0.05) is 48.5 Å². The van der Waals surface area contributed by atoms with E-state index in [2.05, 4.69) is 10.6 Å². The van der Waals surface area contributed by atoms with Crippen molar-refractivity contribution in [3.63, 3.8) is 0 Å². The molecule has 0 spiro atoms. The number of nitro benzene ring substituents is 1. The fourth-order valence-corrected chi connectivity index (χ4v) is 2.76. The summed E-state index contributed by atoms with van der Waals surface area (Å²) in [7, 11) is 0. The van der Waals surface area contributed by atoms with Crippen molar-refractivity contribution in [2.24, 2.45) is 0 Å². The molecule has 0 heterocycles. The highest BCUT2D eigenvalue weighted by Gasteiger charge is 2.23. The summed E-state index contributed by atoms with van der Waals surface area (Å²) in [6.07, 6.45) is 0. The van der Waals surface area contributed by atoms with Crippen molar-refractivity contribution in [1.29, 1.82) is 0 Å². The summed E-state index contributed by atoms with van der Waals surface area (Å²) in [6, 6.07) is 19.4. The van der Waals surface area contributed by atoms with E-state index < -0.39 is 40.9 Å². The molecule has 2 amide bonds. The van der Waals surface area contributed by atoms with Gasteiger partial charge in [0, 0.05) is 17.8 Å². The summed E-state index contributed by atoms with van der Waals surface area (Å²) in [6.45, 7) is -0.515. The second kappa shape index (κ2) is 9.97. The summed E-state index contributed by atoms with van der Waals surface area (Å²) in [5, 5.41) is 16.0. The van der Waals surface area contributed by atoms with E-state index in [-0.39, 0.29) is 5.75 Å². The van der Waals surface area contributed by atoms with Crippen molar-refractivity contribution in [3.05, 3.63) is 100 Å². The van der Waals surface area contributed by atoms with E-state index in [1.165, 1.54) is 6.07 Å². The Morgan fingerprint density at radius 3 is 2.26 bits per heavy atom. The minimum absolute atomic E-state index is 0.0525. The number of ether oxygens (including phenoxy) is 1. The molecule has 0 saturated heterocycles. The maximum atomic E-state index is 13.7. The molecule has 8 nitrogen and oxygen atoms in total. The third-order valence-electron chi connectivity index (χ3n) is 4.23. The third-order valence-corrected chi connectivity index (χ3v) is 4.23. The van der Waals surface area contributed by atoms with Crippen molar-refractivity contribution in [2.75, 3.05) is 11.9 Å². The van der Waals surface area contributed by atoms with E-state index >= 15 is 0 Å². The predicted molar refractivity (Wildman–Crippen MR) is 111 cm³/mol. The first kappa shape index (κ1) is 21.4. The van der Waals surface area contributed by atoms with Crippen LogP contribution in [0, 0.1) is 15.9 Å². The Morgan fingerprint density at radius 2 is 1.65 bits per heavy atom. The Labute approximate surface area is 176 Å². The summed E-state index contributed by atoms with van der Waals surface area (Å²) in [4.78, 5) is 35.0. The van der Waals surface area contributed by atoms with Gasteiger partial charge >= 0.3 is 5.69 Å². The molecule has 3 aromatic carbocycles. The predicted octanol–water partition coefficient (Wildman–Crippen LogP) is 3.61. The molecule has 1 unspecified atom stereocenters. The SMILES string of the molecule is O=C(COc1ccc([N+](=O)[O-])c(F)c1)NC(C(=O)Nc1ccccc1)c1ccccc1. The number of anilines is 1. The average molecular weight is 423 g/mol. The highest BCUT2D eigenvalue weighted by Crippen LogP contribution is 2.22. The van der Waals surface area contributed by atoms with Crippen LogP contribution in [0.1, 0.15) is 11.6 Å². The molecule has 0 bridgehead atoms. The number of amides is 2. The van der Waals surface area contributed by atoms with Gasteiger partial charge in [0.2, 0.25) is 5.82 Å². The van der Waals surface area contributed by atoms with Crippen molar-refractivity contribution < 1.29 is 23.6 Å². The molecule has 0 aromatic heterocycles. The van der Waals surface area contributed by atoms with E-state index in [0.717, 1.165) is 12.1 Å². The number of halogens is 1. The second-order valence-electron chi connectivity index (χ2n) is 6.43. The van der Waals surface area contributed by atoms with Crippen LogP contribution in [0.2, 0.25) is 0 Å². The van der Waals surface area contributed by atoms with Crippen LogP contribution in [0.25, 0.3) is 0 Å². The van der Waals surface area contributed by atoms with Gasteiger partial charge in [0.1, 0.15) is 11.8 Å². The zero-order valence-electron chi connectivity index (χ0n) is 16.2. The molecular formula is C22H18FN3O5. The van der Waals surface area contributed by atoms with Crippen molar-refractivity contribution >= 4 is 23.2 Å². The highest BCUT2D eigenvalue weighted by atomic mass is 19.1. The third kappa shape index (κ3) is 5.86. The maximum Gasteiger partial charge on any atom is 0.305 e. The van der Waals surface area contributed by atoms with Gasteiger partial charge in [0.15, 0.2) is 6.61 Å². The number of hydrogen-bond donors (Lipinski definition) is 2. The molecule has 0 saturated carbocycles. The molecular weight excluding hydrogens is 405 g/mol. The number of nitro groups is 1. The largest absolute Gasteiger partial charge is 0.484 e. The van der Waals surface area contributed by atoms with Crippen molar-refractivity contribution in [1.82, 2.24) is 5.32 Å². The summed E-state index contributed by atoms with van der Waals surface area (Å²) < 4.78 is 18.9. The Balaban J connectivity index is 1.68. The van der Waals surface area contributed by atoms with E-state index in [4.69, 9.17) is 4.74 Å². The van der Waals surface area contributed by atoms with Gasteiger partial charge in [0.05, 0.1) is 4.92 Å². The molecule has 0 aliphatic rings. The maximum absolute atomic E-state index is 13.7. The molecule has 3 rings (SSSR count). The first-order valence-electron chi connectivity index (χ1n) is 9.21. The molecule has 0 fully saturated rings. The van der Waals surface area contributed by atoms with Crippen LogP contribution in [0.3, 0.4) is 0 Å². The van der Waals surface area contributed by atoms with Crippen LogP contribution < -0.4 is 15.4 Å². The van der Waals surface area contributed by atoms with Gasteiger partial charge in [-0.15, -0.1) is 0 Å². The Bertz CT molecular complexity index is 1080. The lowest BCUT2D eigenvalue weighted by Crippen LogP contribution is -2.39. The van der Waals surface area contributed by atoms with Crippen LogP contribution in [0.5, 0.6) is 5.75 Å². The normalized spacial score (nSPS) is 11.3. The fourth-order valence-electron chi connectivity index (χ4n) is 2.76. The van der Waals surface area contributed by atoms with Crippen molar-refractivity contribution in [2.45, 2.75) is 6.04 Å². The summed E-state index contributed by atoms with van der Waals surface area (Å²) >= 11 is 0. The van der Waals surface area contributed by atoms with Crippen molar-refractivity contribution in [3.8, 4) is 5.75 Å². The number of hydrogen-bond acceptors (Lipinski definition) is 5. The second-order valence-corrected chi connectivity index (χ2v) is 6.43. The molecule has 3 aromatic rings. The number of benzene rings is 3. The van der Waals surface area contributed by atoms with Gasteiger partial charge in [-0.3, -0.25) is 19.7 Å². The van der Waals surface area contributed by atoms with Crippen LogP contribution in [0.15, 0.2) is 78.9 Å². The zero-order chi connectivity index (χ0) is 22.2. The topological polar surface area (TPSA) is 111 Å². The van der Waals surface area contributed by atoms with E-state index in [1.807, 2.05) is 6.07 Å². The standard InChI is InChI=1S/C22H18FN3O5/c23-18-13-17(11-12-19(18)26(29)30)31-14-20(27)25-21(15-7-3-1-4-8-15)22(28)24-16-9-5-2-6-10-16/h1-13,21H,14H2,(H,24,28)(H,25,27). The molecule has 2 N–H and O–H groups in total. The van der Waals surface area contributed by atoms with Crippen LogP contribution in [-0.2, 0) is 9.59 Å². The number of para-hydroxylation sites is 1. The Morgan fingerprint density at radius 1 is 1.00 bits per heavy atom. The average Bonchev–Trinajstić information content (AvgIpc) is 2.77. The first-order valence-corrected chi connectivity index (χ1v) is 9.21. The van der Waals surface area contributed by atoms with E-state index in [0.29, 0.717) is 11.3 Å². The lowest BCUT2D eigenvalue weighted by molar-refractivity contribution is -0.387. The molecule has 9 heteroatoms. The molecule has 1 atom stereocenters. The zero-order valence-corrected chi connectivity index (χ0v) is 16.2. The minimum Gasteiger partial charge on any atom is -0.484 e. The number of carbonyl (C=O) groups is 2. The minimum atomic E-state index is -1.08. The first-order chi connectivity index (χ1) is 14.9. The van der Waals surface area contributed by atoms with Gasteiger partial charge in [-0.2, -0.15) is 4.39 Å². The quantitative estimate of drug-likeness (QED) is 0.425. The van der Waals surface area contributed by atoms with Crippen LogP contribution in [0.4, 0.5) is 15.8 Å².